The molecule has 0 amide bonds. The SMILES string of the molecule is COc1c(O)ccc2[se]c(C(=O)CC(C)C(=O)O)c(OC)c12. The Labute approximate surface area is 133 Å². The van der Waals surface area contributed by atoms with Crippen molar-refractivity contribution >= 4 is 35.9 Å². The Morgan fingerprint density at radius 3 is 2.41 bits per heavy atom. The number of hydrogen-bond donors (Lipinski definition) is 2. The van der Waals surface area contributed by atoms with Crippen molar-refractivity contribution in [2.24, 2.45) is 5.92 Å². The number of fused-ring (bicyclic) bond motifs is 1. The monoisotopic (exact) mass is 372 g/mol. The maximum absolute atomic E-state index is 12.4. The Kier molecular flexibility index (Phi) is 4.78. The van der Waals surface area contributed by atoms with E-state index in [1.807, 2.05) is 0 Å². The average Bonchev–Trinajstić information content (AvgIpc) is 2.85. The minimum atomic E-state index is -1.01. The second kappa shape index (κ2) is 6.42. The Hall–Kier alpha value is -1.98. The first-order chi connectivity index (χ1) is 10.4. The van der Waals surface area contributed by atoms with Crippen LogP contribution in [0.25, 0.3) is 9.65 Å². The molecule has 0 saturated heterocycles. The van der Waals surface area contributed by atoms with Gasteiger partial charge in [0, 0.05) is 0 Å². The third kappa shape index (κ3) is 2.82. The van der Waals surface area contributed by atoms with Crippen LogP contribution in [0.1, 0.15) is 22.6 Å². The number of carbonyl (C=O) groups excluding carboxylic acids is 1. The van der Waals surface area contributed by atoms with Gasteiger partial charge >= 0.3 is 132 Å². The Morgan fingerprint density at radius 2 is 1.86 bits per heavy atom. The summed E-state index contributed by atoms with van der Waals surface area (Å²) < 4.78 is 11.9. The summed E-state index contributed by atoms with van der Waals surface area (Å²) in [7, 11) is 2.87. The number of phenolic OH excluding ortho intramolecular Hbond substituents is 1. The van der Waals surface area contributed by atoms with Gasteiger partial charge in [-0.25, -0.2) is 0 Å². The molecule has 1 atom stereocenters. The van der Waals surface area contributed by atoms with Crippen LogP contribution >= 0.6 is 0 Å². The third-order valence-corrected chi connectivity index (χ3v) is 5.79. The number of carbonyl (C=O) groups is 2. The zero-order valence-corrected chi connectivity index (χ0v) is 14.1. The van der Waals surface area contributed by atoms with Crippen LogP contribution in [0.5, 0.6) is 17.2 Å². The molecular formula is C15H16O6Se. The van der Waals surface area contributed by atoms with Gasteiger partial charge in [-0.15, -0.1) is 0 Å². The van der Waals surface area contributed by atoms with Crippen LogP contribution in [0.4, 0.5) is 0 Å². The van der Waals surface area contributed by atoms with Crippen LogP contribution in [0, 0.1) is 5.92 Å². The van der Waals surface area contributed by atoms with E-state index in [1.165, 1.54) is 27.2 Å². The van der Waals surface area contributed by atoms with Crippen molar-refractivity contribution in [1.29, 1.82) is 0 Å². The molecule has 118 valence electrons. The van der Waals surface area contributed by atoms with Crippen LogP contribution in [0.3, 0.4) is 0 Å². The maximum atomic E-state index is 12.4. The van der Waals surface area contributed by atoms with E-state index in [4.69, 9.17) is 14.6 Å². The minimum absolute atomic E-state index is 0.0285. The number of hydrogen-bond acceptors (Lipinski definition) is 5. The summed E-state index contributed by atoms with van der Waals surface area (Å²) >= 11 is -0.309. The fourth-order valence-corrected chi connectivity index (χ4v) is 4.51. The van der Waals surface area contributed by atoms with Crippen molar-refractivity contribution in [3.8, 4) is 17.2 Å². The van der Waals surface area contributed by atoms with Gasteiger partial charge in [-0.05, 0) is 0 Å². The Balaban J connectivity index is 2.56. The van der Waals surface area contributed by atoms with Gasteiger partial charge in [-0.3, -0.25) is 0 Å². The zero-order chi connectivity index (χ0) is 16.4. The van der Waals surface area contributed by atoms with Crippen LogP contribution < -0.4 is 9.47 Å². The normalized spacial score (nSPS) is 12.1. The number of ether oxygens (including phenoxy) is 2. The molecule has 1 heterocycles. The summed E-state index contributed by atoms with van der Waals surface area (Å²) in [5.74, 6) is -1.40. The number of aliphatic carboxylic acids is 1. The van der Waals surface area contributed by atoms with E-state index < -0.39 is 11.9 Å². The van der Waals surface area contributed by atoms with Crippen molar-refractivity contribution in [3.05, 3.63) is 16.6 Å². The van der Waals surface area contributed by atoms with Gasteiger partial charge < -0.3 is 0 Å². The van der Waals surface area contributed by atoms with Gasteiger partial charge in [-0.1, -0.05) is 0 Å². The molecule has 0 radical (unpaired) electrons. The fraction of sp³-hybridized carbons (Fsp3) is 0.333. The number of carboxylic acids is 1. The van der Waals surface area contributed by atoms with Gasteiger partial charge in [-0.2, -0.15) is 0 Å². The number of carboxylic acid groups (broad SMARTS) is 1. The quantitative estimate of drug-likeness (QED) is 0.595. The summed E-state index contributed by atoms with van der Waals surface area (Å²) in [6.45, 7) is 1.49. The molecule has 1 unspecified atom stereocenters. The van der Waals surface area contributed by atoms with Crippen LogP contribution in [0.2, 0.25) is 0 Å². The Bertz CT molecular complexity index is 733. The van der Waals surface area contributed by atoms with Gasteiger partial charge in [0.1, 0.15) is 0 Å². The number of rotatable bonds is 6. The number of Topliss-reactive ketones (excluding diaryl/α,β-unsaturated/α-hetero) is 1. The van der Waals surface area contributed by atoms with Gasteiger partial charge in [0.25, 0.3) is 0 Å². The standard InChI is InChI=1S/C15H16O6Se/c1-7(15(18)19)6-9(17)14-13(21-3)11-10(22-14)5-4-8(16)12(11)20-2/h4-5,7,16H,6H2,1-3H3,(H,18,19). The van der Waals surface area contributed by atoms with Crippen molar-refractivity contribution in [3.63, 3.8) is 0 Å². The fourth-order valence-electron chi connectivity index (χ4n) is 2.17. The zero-order valence-electron chi connectivity index (χ0n) is 12.4. The molecule has 0 aliphatic heterocycles. The van der Waals surface area contributed by atoms with Crippen LogP contribution in [0.15, 0.2) is 12.1 Å². The summed E-state index contributed by atoms with van der Waals surface area (Å²) in [6, 6.07) is 3.24. The molecule has 0 spiro atoms. The van der Waals surface area contributed by atoms with Crippen LogP contribution in [-0.2, 0) is 4.79 Å². The first-order valence-corrected chi connectivity index (χ1v) is 8.24. The number of aromatic hydroxyl groups is 1. The first-order valence-electron chi connectivity index (χ1n) is 6.53. The number of methoxy groups -OCH3 is 2. The van der Waals surface area contributed by atoms with Gasteiger partial charge in [0.05, 0.1) is 0 Å². The summed E-state index contributed by atoms with van der Waals surface area (Å²) in [5.41, 5.74) is 0. The van der Waals surface area contributed by atoms with Crippen molar-refractivity contribution in [2.45, 2.75) is 13.3 Å². The van der Waals surface area contributed by atoms with Crippen LogP contribution in [-0.4, -0.2) is 50.7 Å². The molecule has 0 fully saturated rings. The van der Waals surface area contributed by atoms with Crippen molar-refractivity contribution in [1.82, 2.24) is 0 Å². The molecule has 2 aromatic rings. The average molecular weight is 371 g/mol. The summed E-state index contributed by atoms with van der Waals surface area (Å²) in [5, 5.41) is 19.4. The molecule has 0 bridgehead atoms. The van der Waals surface area contributed by atoms with E-state index >= 15 is 0 Å². The molecule has 0 aliphatic carbocycles. The van der Waals surface area contributed by atoms with E-state index in [0.29, 0.717) is 15.6 Å². The third-order valence-electron chi connectivity index (χ3n) is 3.32. The van der Waals surface area contributed by atoms with E-state index in [1.54, 1.807) is 6.07 Å². The molecule has 1 aromatic carbocycles. The second-order valence-corrected chi connectivity index (χ2v) is 7.03. The van der Waals surface area contributed by atoms with E-state index in [0.717, 1.165) is 4.26 Å². The second-order valence-electron chi connectivity index (χ2n) is 4.82. The molecule has 2 N–H and O–H groups in total. The number of ketones is 1. The predicted molar refractivity (Wildman–Crippen MR) is 81.4 cm³/mol. The predicted octanol–water partition coefficient (Wildman–Crippen LogP) is 1.91. The molecule has 1 aromatic heterocycles. The topological polar surface area (TPSA) is 93.1 Å². The Morgan fingerprint density at radius 1 is 1.23 bits per heavy atom. The molecule has 0 saturated carbocycles. The number of benzene rings is 1. The van der Waals surface area contributed by atoms with E-state index in [2.05, 4.69) is 0 Å². The van der Waals surface area contributed by atoms with E-state index in [9.17, 15) is 14.7 Å². The molecule has 7 heteroatoms. The van der Waals surface area contributed by atoms with Gasteiger partial charge in [0.15, 0.2) is 0 Å². The van der Waals surface area contributed by atoms with Crippen molar-refractivity contribution < 1.29 is 29.3 Å². The van der Waals surface area contributed by atoms with E-state index in [-0.39, 0.29) is 38.2 Å². The molecule has 6 nitrogen and oxygen atoms in total. The molecule has 2 rings (SSSR count). The van der Waals surface area contributed by atoms with Gasteiger partial charge in [0.2, 0.25) is 0 Å². The summed E-state index contributed by atoms with van der Waals surface area (Å²) in [4.78, 5) is 23.3. The summed E-state index contributed by atoms with van der Waals surface area (Å²) in [6.07, 6.45) is -0.0818. The molecule has 22 heavy (non-hydrogen) atoms. The molecular weight excluding hydrogens is 355 g/mol. The first kappa shape index (κ1) is 16.4. The number of phenols is 1. The van der Waals surface area contributed by atoms with Crippen molar-refractivity contribution in [2.75, 3.05) is 14.2 Å². The molecule has 0 aliphatic rings.